The first kappa shape index (κ1) is 14.7. The molecule has 0 aliphatic heterocycles. The Balaban J connectivity index is 1.94. The van der Waals surface area contributed by atoms with Gasteiger partial charge in [0.15, 0.2) is 0 Å². The van der Waals surface area contributed by atoms with Crippen molar-refractivity contribution in [3.8, 4) is 0 Å². The van der Waals surface area contributed by atoms with Crippen LogP contribution in [0.25, 0.3) is 0 Å². The Morgan fingerprint density at radius 2 is 2.05 bits per heavy atom. The average Bonchev–Trinajstić information content (AvgIpc) is 2.61. The Labute approximate surface area is 122 Å². The standard InChI is InChI=1S/C17H26ClN/c1-3-6-14-7-4-8-15(12-11-14)19-17-10-5-9-16(18)13(17)2/h5,9-10,14-15,19H,3-4,6-8,11-12H2,1-2H3. The number of benzene rings is 1. The van der Waals surface area contributed by atoms with E-state index in [4.69, 9.17) is 11.6 Å². The molecule has 0 spiro atoms. The lowest BCUT2D eigenvalue weighted by atomic mass is 9.95. The lowest BCUT2D eigenvalue weighted by Gasteiger charge is -2.20. The molecule has 0 bridgehead atoms. The molecule has 1 nitrogen and oxygen atoms in total. The molecule has 1 aliphatic carbocycles. The van der Waals surface area contributed by atoms with Gasteiger partial charge >= 0.3 is 0 Å². The Bertz CT molecular complexity index is 402. The quantitative estimate of drug-likeness (QED) is 0.686. The van der Waals surface area contributed by atoms with Crippen LogP contribution in [0.5, 0.6) is 0 Å². The molecule has 1 saturated carbocycles. The minimum atomic E-state index is 0.624. The summed E-state index contributed by atoms with van der Waals surface area (Å²) in [4.78, 5) is 0. The number of hydrogen-bond acceptors (Lipinski definition) is 1. The minimum Gasteiger partial charge on any atom is -0.382 e. The second-order valence-electron chi connectivity index (χ2n) is 5.92. The maximum atomic E-state index is 6.19. The van der Waals surface area contributed by atoms with Gasteiger partial charge in [0.2, 0.25) is 0 Å². The first-order chi connectivity index (χ1) is 9.20. The molecule has 19 heavy (non-hydrogen) atoms. The molecule has 1 aliphatic rings. The van der Waals surface area contributed by atoms with Gasteiger partial charge in [-0.1, -0.05) is 50.3 Å². The maximum Gasteiger partial charge on any atom is 0.0455 e. The summed E-state index contributed by atoms with van der Waals surface area (Å²) in [5.41, 5.74) is 2.39. The molecule has 2 atom stereocenters. The van der Waals surface area contributed by atoms with Gasteiger partial charge in [0, 0.05) is 16.8 Å². The molecule has 0 saturated heterocycles. The highest BCUT2D eigenvalue weighted by molar-refractivity contribution is 6.31. The van der Waals surface area contributed by atoms with Gasteiger partial charge in [-0.3, -0.25) is 0 Å². The van der Waals surface area contributed by atoms with Crippen LogP contribution in [-0.4, -0.2) is 6.04 Å². The van der Waals surface area contributed by atoms with Crippen LogP contribution < -0.4 is 5.32 Å². The predicted molar refractivity (Wildman–Crippen MR) is 85.1 cm³/mol. The predicted octanol–water partition coefficient (Wildman–Crippen LogP) is 5.81. The van der Waals surface area contributed by atoms with E-state index in [-0.39, 0.29) is 0 Å². The summed E-state index contributed by atoms with van der Waals surface area (Å²) >= 11 is 6.19. The third-order valence-electron chi connectivity index (χ3n) is 4.41. The zero-order valence-corrected chi connectivity index (χ0v) is 13.0. The molecule has 0 aromatic heterocycles. The highest BCUT2D eigenvalue weighted by Crippen LogP contribution is 2.30. The Kier molecular flexibility index (Phi) is 5.57. The highest BCUT2D eigenvalue weighted by atomic mass is 35.5. The second kappa shape index (κ2) is 7.19. The summed E-state index contributed by atoms with van der Waals surface area (Å²) in [5.74, 6) is 0.956. The molecule has 1 N–H and O–H groups in total. The van der Waals surface area contributed by atoms with E-state index in [1.165, 1.54) is 56.2 Å². The molecule has 0 heterocycles. The molecular weight excluding hydrogens is 254 g/mol. The van der Waals surface area contributed by atoms with E-state index >= 15 is 0 Å². The van der Waals surface area contributed by atoms with Crippen molar-refractivity contribution in [2.24, 2.45) is 5.92 Å². The normalized spacial score (nSPS) is 23.9. The molecule has 1 aromatic carbocycles. The Morgan fingerprint density at radius 3 is 2.84 bits per heavy atom. The first-order valence-corrected chi connectivity index (χ1v) is 8.10. The van der Waals surface area contributed by atoms with E-state index in [2.05, 4.69) is 25.2 Å². The second-order valence-corrected chi connectivity index (χ2v) is 6.32. The van der Waals surface area contributed by atoms with E-state index in [0.717, 1.165) is 10.9 Å². The lowest BCUT2D eigenvalue weighted by Crippen LogP contribution is -2.19. The third-order valence-corrected chi connectivity index (χ3v) is 4.82. The van der Waals surface area contributed by atoms with Crippen LogP contribution in [0.2, 0.25) is 5.02 Å². The maximum absolute atomic E-state index is 6.19. The van der Waals surface area contributed by atoms with Crippen LogP contribution in [0, 0.1) is 12.8 Å². The molecule has 0 amide bonds. The Morgan fingerprint density at radius 1 is 1.21 bits per heavy atom. The number of halogens is 1. The van der Waals surface area contributed by atoms with Crippen molar-refractivity contribution in [2.45, 2.75) is 64.8 Å². The van der Waals surface area contributed by atoms with Gasteiger partial charge in [-0.25, -0.2) is 0 Å². The van der Waals surface area contributed by atoms with Crippen molar-refractivity contribution in [3.05, 3.63) is 28.8 Å². The van der Waals surface area contributed by atoms with E-state index in [0.29, 0.717) is 6.04 Å². The first-order valence-electron chi connectivity index (χ1n) is 7.72. The van der Waals surface area contributed by atoms with Crippen LogP contribution in [0.3, 0.4) is 0 Å². The number of anilines is 1. The summed E-state index contributed by atoms with van der Waals surface area (Å²) in [6.07, 6.45) is 9.50. The van der Waals surface area contributed by atoms with E-state index in [1.807, 2.05) is 12.1 Å². The van der Waals surface area contributed by atoms with Crippen molar-refractivity contribution >= 4 is 17.3 Å². The van der Waals surface area contributed by atoms with Gasteiger partial charge in [0.25, 0.3) is 0 Å². The van der Waals surface area contributed by atoms with Crippen LogP contribution in [0.1, 0.15) is 57.4 Å². The van der Waals surface area contributed by atoms with Crippen molar-refractivity contribution < 1.29 is 0 Å². The summed E-state index contributed by atoms with van der Waals surface area (Å²) < 4.78 is 0. The van der Waals surface area contributed by atoms with Crippen molar-refractivity contribution in [2.75, 3.05) is 5.32 Å². The van der Waals surface area contributed by atoms with Gasteiger partial charge in [0.05, 0.1) is 0 Å². The van der Waals surface area contributed by atoms with E-state index in [9.17, 15) is 0 Å². The average molecular weight is 280 g/mol. The smallest absolute Gasteiger partial charge is 0.0455 e. The van der Waals surface area contributed by atoms with Gasteiger partial charge in [-0.05, 0) is 49.8 Å². The van der Waals surface area contributed by atoms with Crippen molar-refractivity contribution in [3.63, 3.8) is 0 Å². The monoisotopic (exact) mass is 279 g/mol. The summed E-state index contributed by atoms with van der Waals surface area (Å²) in [6, 6.07) is 6.77. The van der Waals surface area contributed by atoms with Gasteiger partial charge in [-0.2, -0.15) is 0 Å². The number of nitrogens with one attached hydrogen (secondary N) is 1. The molecular formula is C17H26ClN. The zero-order chi connectivity index (χ0) is 13.7. The lowest BCUT2D eigenvalue weighted by molar-refractivity contribution is 0.422. The van der Waals surface area contributed by atoms with Crippen LogP contribution in [0.15, 0.2) is 18.2 Å². The largest absolute Gasteiger partial charge is 0.382 e. The SMILES string of the molecule is CCCC1CCCC(Nc2cccc(Cl)c2C)CC1. The van der Waals surface area contributed by atoms with Crippen molar-refractivity contribution in [1.29, 1.82) is 0 Å². The summed E-state index contributed by atoms with van der Waals surface area (Å²) in [7, 11) is 0. The molecule has 106 valence electrons. The fraction of sp³-hybridized carbons (Fsp3) is 0.647. The van der Waals surface area contributed by atoms with Crippen LogP contribution in [-0.2, 0) is 0 Å². The fourth-order valence-electron chi connectivity index (χ4n) is 3.20. The number of rotatable bonds is 4. The van der Waals surface area contributed by atoms with E-state index < -0.39 is 0 Å². The summed E-state index contributed by atoms with van der Waals surface area (Å²) in [6.45, 7) is 4.40. The Hall–Kier alpha value is -0.690. The molecule has 0 radical (unpaired) electrons. The van der Waals surface area contributed by atoms with Gasteiger partial charge in [0.1, 0.15) is 0 Å². The van der Waals surface area contributed by atoms with Gasteiger partial charge < -0.3 is 5.32 Å². The molecule has 2 unspecified atom stereocenters. The zero-order valence-electron chi connectivity index (χ0n) is 12.2. The molecule has 2 heteroatoms. The highest BCUT2D eigenvalue weighted by Gasteiger charge is 2.18. The van der Waals surface area contributed by atoms with Crippen LogP contribution >= 0.6 is 11.6 Å². The molecule has 1 fully saturated rings. The molecule has 2 rings (SSSR count). The van der Waals surface area contributed by atoms with Gasteiger partial charge in [-0.15, -0.1) is 0 Å². The third kappa shape index (κ3) is 4.14. The van der Waals surface area contributed by atoms with Crippen LogP contribution in [0.4, 0.5) is 5.69 Å². The summed E-state index contributed by atoms with van der Waals surface area (Å²) in [5, 5.41) is 4.57. The van der Waals surface area contributed by atoms with Crippen molar-refractivity contribution in [1.82, 2.24) is 0 Å². The fourth-order valence-corrected chi connectivity index (χ4v) is 3.38. The minimum absolute atomic E-state index is 0.624. The molecule has 1 aromatic rings. The number of hydrogen-bond donors (Lipinski definition) is 1. The van der Waals surface area contributed by atoms with E-state index in [1.54, 1.807) is 0 Å². The topological polar surface area (TPSA) is 12.0 Å².